The molecule has 0 radical (unpaired) electrons. The smallest absolute Gasteiger partial charge is 0.261 e. The van der Waals surface area contributed by atoms with E-state index in [1.165, 1.54) is 11.3 Å². The van der Waals surface area contributed by atoms with E-state index in [-0.39, 0.29) is 17.7 Å². The maximum absolute atomic E-state index is 12.6. The Hall–Kier alpha value is -3.18. The van der Waals surface area contributed by atoms with Gasteiger partial charge in [-0.25, -0.2) is 4.98 Å². The minimum atomic E-state index is -0.755. The summed E-state index contributed by atoms with van der Waals surface area (Å²) in [5, 5.41) is 12.2. The molecule has 1 aliphatic heterocycles. The molecule has 0 bridgehead atoms. The van der Waals surface area contributed by atoms with Gasteiger partial charge in [0.05, 0.1) is 10.9 Å². The summed E-state index contributed by atoms with van der Waals surface area (Å²) in [5.41, 5.74) is 1.09. The number of thiophene rings is 1. The number of carbonyl (C=O) groups excluding carboxylic acids is 2. The van der Waals surface area contributed by atoms with Crippen molar-refractivity contribution in [2.45, 2.75) is 31.7 Å². The van der Waals surface area contributed by atoms with Gasteiger partial charge in [-0.2, -0.15) is 5.26 Å². The van der Waals surface area contributed by atoms with E-state index in [1.807, 2.05) is 46.0 Å². The molecule has 1 saturated heterocycles. The van der Waals surface area contributed by atoms with Gasteiger partial charge >= 0.3 is 0 Å². The van der Waals surface area contributed by atoms with Gasteiger partial charge < -0.3 is 14.6 Å². The van der Waals surface area contributed by atoms with E-state index in [2.05, 4.69) is 16.4 Å². The SMILES string of the molecule is N#CC1(C(=O)N2CCC(c3ccc(C(=O)NCc4ccn5ccnc5c4)s3)C2)CC1. The van der Waals surface area contributed by atoms with Crippen LogP contribution in [0.15, 0.2) is 42.9 Å². The molecule has 3 aromatic rings. The number of fused-ring (bicyclic) bond motifs is 1. The molecule has 1 atom stereocenters. The van der Waals surface area contributed by atoms with Crippen LogP contribution in [0.1, 0.15) is 45.3 Å². The largest absolute Gasteiger partial charge is 0.347 e. The fourth-order valence-electron chi connectivity index (χ4n) is 4.00. The Labute approximate surface area is 177 Å². The van der Waals surface area contributed by atoms with Gasteiger partial charge in [0.25, 0.3) is 5.91 Å². The molecule has 2 fully saturated rings. The molecule has 5 rings (SSSR count). The van der Waals surface area contributed by atoms with Gasteiger partial charge in [-0.15, -0.1) is 11.3 Å². The summed E-state index contributed by atoms with van der Waals surface area (Å²) in [6.07, 6.45) is 7.79. The standard InChI is InChI=1S/C22H21N5O2S/c23-14-22(5-6-22)21(29)27-9-4-16(13-27)17-1-2-18(30-17)20(28)25-12-15-3-8-26-10-7-24-19(26)11-15/h1-3,7-8,10-11,16H,4-6,9,12-13H2,(H,25,28). The number of aromatic nitrogens is 2. The van der Waals surface area contributed by atoms with Gasteiger partial charge in [0.2, 0.25) is 5.91 Å². The van der Waals surface area contributed by atoms with Crippen molar-refractivity contribution in [1.82, 2.24) is 19.6 Å². The van der Waals surface area contributed by atoms with Crippen molar-refractivity contribution in [2.75, 3.05) is 13.1 Å². The molecule has 1 aliphatic carbocycles. The first-order chi connectivity index (χ1) is 14.6. The van der Waals surface area contributed by atoms with Gasteiger partial charge in [-0.1, -0.05) is 0 Å². The normalized spacial score (nSPS) is 19.6. The molecule has 0 aromatic carbocycles. The molecular weight excluding hydrogens is 398 g/mol. The molecule has 2 aliphatic rings. The van der Waals surface area contributed by atoms with Crippen LogP contribution < -0.4 is 5.32 Å². The number of hydrogen-bond acceptors (Lipinski definition) is 5. The molecule has 7 nitrogen and oxygen atoms in total. The molecule has 3 aromatic heterocycles. The second kappa shape index (κ2) is 7.26. The van der Waals surface area contributed by atoms with Crippen molar-refractivity contribution in [3.8, 4) is 6.07 Å². The van der Waals surface area contributed by atoms with E-state index in [9.17, 15) is 14.9 Å². The summed E-state index contributed by atoms with van der Waals surface area (Å²) in [6, 6.07) is 9.96. The van der Waals surface area contributed by atoms with Crippen LogP contribution in [0.25, 0.3) is 5.65 Å². The summed E-state index contributed by atoms with van der Waals surface area (Å²) in [6.45, 7) is 1.76. The molecule has 30 heavy (non-hydrogen) atoms. The first-order valence-corrected chi connectivity index (χ1v) is 10.9. The monoisotopic (exact) mass is 419 g/mol. The molecule has 1 saturated carbocycles. The lowest BCUT2D eigenvalue weighted by atomic mass is 10.1. The number of pyridine rings is 1. The minimum Gasteiger partial charge on any atom is -0.347 e. The van der Waals surface area contributed by atoms with Crippen LogP contribution in [0.5, 0.6) is 0 Å². The van der Waals surface area contributed by atoms with Gasteiger partial charge in [0.15, 0.2) is 0 Å². The van der Waals surface area contributed by atoms with E-state index in [1.54, 1.807) is 6.20 Å². The zero-order valence-electron chi connectivity index (χ0n) is 16.4. The van der Waals surface area contributed by atoms with Crippen molar-refractivity contribution >= 4 is 28.8 Å². The van der Waals surface area contributed by atoms with Crippen LogP contribution in [0.2, 0.25) is 0 Å². The van der Waals surface area contributed by atoms with E-state index in [4.69, 9.17) is 0 Å². The van der Waals surface area contributed by atoms with Gasteiger partial charge in [0.1, 0.15) is 11.1 Å². The average Bonchev–Trinajstić information content (AvgIpc) is 3.16. The predicted octanol–water partition coefficient (Wildman–Crippen LogP) is 2.95. The average molecular weight is 420 g/mol. The number of carbonyl (C=O) groups is 2. The molecule has 1 N–H and O–H groups in total. The lowest BCUT2D eigenvalue weighted by molar-refractivity contribution is -0.133. The number of amides is 2. The quantitative estimate of drug-likeness (QED) is 0.688. The van der Waals surface area contributed by atoms with Crippen LogP contribution in [0.3, 0.4) is 0 Å². The number of likely N-dealkylation sites (tertiary alicyclic amines) is 1. The van der Waals surface area contributed by atoms with Gasteiger partial charge in [0, 0.05) is 49.0 Å². The van der Waals surface area contributed by atoms with Crippen LogP contribution >= 0.6 is 11.3 Å². The highest BCUT2D eigenvalue weighted by molar-refractivity contribution is 7.14. The van der Waals surface area contributed by atoms with E-state index in [0.717, 1.165) is 22.5 Å². The maximum Gasteiger partial charge on any atom is 0.261 e. The zero-order chi connectivity index (χ0) is 20.7. The highest BCUT2D eigenvalue weighted by Gasteiger charge is 2.53. The number of imidazole rings is 1. The number of nitrogens with one attached hydrogen (secondary N) is 1. The van der Waals surface area contributed by atoms with Crippen LogP contribution in [0.4, 0.5) is 0 Å². The second-order valence-corrected chi connectivity index (χ2v) is 9.16. The Kier molecular flexibility index (Phi) is 4.55. The van der Waals surface area contributed by atoms with Crippen molar-refractivity contribution in [1.29, 1.82) is 5.26 Å². The lowest BCUT2D eigenvalue weighted by Gasteiger charge is -2.18. The first-order valence-electron chi connectivity index (χ1n) is 10.1. The summed E-state index contributed by atoms with van der Waals surface area (Å²) in [7, 11) is 0. The molecular formula is C22H21N5O2S. The molecule has 0 spiro atoms. The Balaban J connectivity index is 1.19. The fraction of sp³-hybridized carbons (Fsp3) is 0.364. The maximum atomic E-state index is 12.6. The first kappa shape index (κ1) is 18.8. The van der Waals surface area contributed by atoms with Crippen molar-refractivity contribution < 1.29 is 9.59 Å². The topological polar surface area (TPSA) is 90.5 Å². The van der Waals surface area contributed by atoms with E-state index in [0.29, 0.717) is 37.4 Å². The fourth-order valence-corrected chi connectivity index (χ4v) is 5.05. The zero-order valence-corrected chi connectivity index (χ0v) is 17.2. The summed E-state index contributed by atoms with van der Waals surface area (Å²) in [4.78, 5) is 33.0. The Morgan fingerprint density at radius 2 is 2.17 bits per heavy atom. The molecule has 8 heteroatoms. The molecule has 1 unspecified atom stereocenters. The number of nitrogens with zero attached hydrogens (tertiary/aromatic N) is 4. The predicted molar refractivity (Wildman–Crippen MR) is 112 cm³/mol. The number of rotatable bonds is 5. The molecule has 4 heterocycles. The Bertz CT molecular complexity index is 1170. The van der Waals surface area contributed by atoms with Crippen molar-refractivity contribution in [2.24, 2.45) is 5.41 Å². The third kappa shape index (κ3) is 3.35. The van der Waals surface area contributed by atoms with Crippen LogP contribution in [-0.4, -0.2) is 39.2 Å². The van der Waals surface area contributed by atoms with Crippen molar-refractivity contribution in [3.05, 3.63) is 58.2 Å². The highest BCUT2D eigenvalue weighted by atomic mass is 32.1. The molecule has 2 amide bonds. The second-order valence-electron chi connectivity index (χ2n) is 8.04. The Morgan fingerprint density at radius 1 is 1.30 bits per heavy atom. The number of hydrogen-bond donors (Lipinski definition) is 1. The lowest BCUT2D eigenvalue weighted by Crippen LogP contribution is -2.34. The highest BCUT2D eigenvalue weighted by Crippen LogP contribution is 2.47. The summed E-state index contributed by atoms with van der Waals surface area (Å²) >= 11 is 1.49. The third-order valence-electron chi connectivity index (χ3n) is 6.02. The van der Waals surface area contributed by atoms with Crippen LogP contribution in [0, 0.1) is 16.7 Å². The number of nitriles is 1. The van der Waals surface area contributed by atoms with Gasteiger partial charge in [-0.05, 0) is 49.1 Å². The van der Waals surface area contributed by atoms with Gasteiger partial charge in [-0.3, -0.25) is 9.59 Å². The minimum absolute atomic E-state index is 0.0172. The van der Waals surface area contributed by atoms with E-state index >= 15 is 0 Å². The Morgan fingerprint density at radius 3 is 2.97 bits per heavy atom. The third-order valence-corrected chi connectivity index (χ3v) is 7.26. The van der Waals surface area contributed by atoms with E-state index < -0.39 is 5.41 Å². The summed E-state index contributed by atoms with van der Waals surface area (Å²) < 4.78 is 1.92. The molecule has 152 valence electrons. The van der Waals surface area contributed by atoms with Crippen molar-refractivity contribution in [3.63, 3.8) is 0 Å². The van der Waals surface area contributed by atoms with Crippen LogP contribution in [-0.2, 0) is 11.3 Å². The summed E-state index contributed by atoms with van der Waals surface area (Å²) in [5.74, 6) is 0.121.